The van der Waals surface area contributed by atoms with Crippen LogP contribution in [-0.2, 0) is 0 Å². The number of aliphatic hydroxyl groups is 1. The number of aromatic amines is 1. The Bertz CT molecular complexity index is 1060. The number of benzene rings is 1. The maximum atomic E-state index is 9.13. The molecule has 168 valence electrons. The molecule has 4 rings (SSSR count). The predicted molar refractivity (Wildman–Crippen MR) is 123 cm³/mol. The first-order chi connectivity index (χ1) is 15.2. The van der Waals surface area contributed by atoms with Gasteiger partial charge in [0.05, 0.1) is 31.8 Å². The summed E-state index contributed by atoms with van der Waals surface area (Å²) >= 11 is 0. The van der Waals surface area contributed by atoms with Crippen LogP contribution in [0.25, 0.3) is 11.3 Å². The van der Waals surface area contributed by atoms with Crippen molar-refractivity contribution < 1.29 is 9.84 Å². The van der Waals surface area contributed by atoms with Crippen LogP contribution in [0.1, 0.15) is 30.0 Å². The quantitative estimate of drug-likeness (QED) is 0.496. The third-order valence-corrected chi connectivity index (χ3v) is 5.59. The summed E-state index contributed by atoms with van der Waals surface area (Å²) in [6.45, 7) is 2.97. The Hall–Kier alpha value is -3.19. The summed E-state index contributed by atoms with van der Waals surface area (Å²) in [5, 5.41) is 28.3. The van der Waals surface area contributed by atoms with Gasteiger partial charge in [-0.1, -0.05) is 6.07 Å². The van der Waals surface area contributed by atoms with Crippen molar-refractivity contribution in [2.24, 2.45) is 0 Å². The topological polar surface area (TPSA) is 123 Å². The number of β-amino-alcohol motifs (C(OH)–C–C–N with tert-alkyl or cyclic N) is 1. The molecule has 0 spiro atoms. The molecule has 0 saturated carbocycles. The molecule has 3 heterocycles. The van der Waals surface area contributed by atoms with Gasteiger partial charge in [-0.05, 0) is 49.5 Å². The molecule has 0 amide bonds. The van der Waals surface area contributed by atoms with Crippen LogP contribution < -0.4 is 10.1 Å². The summed E-state index contributed by atoms with van der Waals surface area (Å²) in [6.07, 6.45) is 5.05. The molecule has 0 bridgehead atoms. The van der Waals surface area contributed by atoms with Crippen LogP contribution >= 0.6 is 12.4 Å². The zero-order chi connectivity index (χ0) is 21.6. The number of likely N-dealkylation sites (tertiary alicyclic amines) is 1. The molecule has 3 aromatic rings. The van der Waals surface area contributed by atoms with Crippen molar-refractivity contribution in [3.05, 3.63) is 47.9 Å². The fourth-order valence-corrected chi connectivity index (χ4v) is 3.92. The summed E-state index contributed by atoms with van der Waals surface area (Å²) < 4.78 is 5.68. The maximum absolute atomic E-state index is 9.13. The molecular formula is C22H26ClN7O2. The highest BCUT2D eigenvalue weighted by atomic mass is 35.5. The van der Waals surface area contributed by atoms with Gasteiger partial charge in [-0.3, -0.25) is 5.10 Å². The minimum Gasteiger partial charge on any atom is -0.496 e. The van der Waals surface area contributed by atoms with Gasteiger partial charge in [0.25, 0.3) is 0 Å². The average Bonchev–Trinajstić information content (AvgIpc) is 3.28. The number of nitriles is 1. The van der Waals surface area contributed by atoms with E-state index < -0.39 is 0 Å². The Morgan fingerprint density at radius 1 is 1.22 bits per heavy atom. The van der Waals surface area contributed by atoms with E-state index in [1.807, 2.05) is 12.1 Å². The van der Waals surface area contributed by atoms with Crippen LogP contribution in [0.15, 0.2) is 36.7 Å². The number of hydrogen-bond donors (Lipinski definition) is 3. The molecule has 0 aliphatic carbocycles. The van der Waals surface area contributed by atoms with E-state index in [-0.39, 0.29) is 24.7 Å². The highest BCUT2D eigenvalue weighted by Crippen LogP contribution is 2.36. The van der Waals surface area contributed by atoms with Crippen molar-refractivity contribution in [3.63, 3.8) is 0 Å². The zero-order valence-corrected chi connectivity index (χ0v) is 18.6. The first-order valence-electron chi connectivity index (χ1n) is 10.3. The molecule has 1 saturated heterocycles. The Morgan fingerprint density at radius 3 is 2.69 bits per heavy atom. The van der Waals surface area contributed by atoms with E-state index >= 15 is 0 Å². The van der Waals surface area contributed by atoms with E-state index in [1.165, 1.54) is 18.0 Å². The van der Waals surface area contributed by atoms with Gasteiger partial charge in [-0.2, -0.15) is 10.4 Å². The summed E-state index contributed by atoms with van der Waals surface area (Å²) in [5.74, 6) is 2.39. The number of hydrogen-bond acceptors (Lipinski definition) is 8. The molecule has 3 N–H and O–H groups in total. The van der Waals surface area contributed by atoms with Crippen LogP contribution in [0.3, 0.4) is 0 Å². The van der Waals surface area contributed by atoms with Gasteiger partial charge in [0.2, 0.25) is 0 Å². The fraction of sp³-hybridized carbons (Fsp3) is 0.364. The second-order valence-electron chi connectivity index (χ2n) is 7.49. The minimum absolute atomic E-state index is 0. The van der Waals surface area contributed by atoms with Crippen molar-refractivity contribution in [2.75, 3.05) is 38.7 Å². The van der Waals surface area contributed by atoms with Crippen LogP contribution in [0.5, 0.6) is 5.75 Å². The Labute approximate surface area is 192 Å². The number of piperidine rings is 1. The minimum atomic E-state index is 0. The van der Waals surface area contributed by atoms with Crippen LogP contribution in [0, 0.1) is 11.3 Å². The van der Waals surface area contributed by atoms with Gasteiger partial charge < -0.3 is 20.1 Å². The van der Waals surface area contributed by atoms with Crippen molar-refractivity contribution >= 4 is 24.0 Å². The number of methoxy groups -OCH3 is 1. The molecule has 9 nitrogen and oxygen atoms in total. The predicted octanol–water partition coefficient (Wildman–Crippen LogP) is 3.08. The number of rotatable bonds is 7. The third-order valence-electron chi connectivity index (χ3n) is 5.59. The monoisotopic (exact) mass is 455 g/mol. The normalized spacial score (nSPS) is 14.4. The van der Waals surface area contributed by atoms with E-state index in [9.17, 15) is 0 Å². The van der Waals surface area contributed by atoms with Crippen LogP contribution in [0.4, 0.5) is 11.6 Å². The van der Waals surface area contributed by atoms with Crippen molar-refractivity contribution in [1.82, 2.24) is 25.1 Å². The summed E-state index contributed by atoms with van der Waals surface area (Å²) in [7, 11) is 1.67. The number of halogens is 1. The van der Waals surface area contributed by atoms with Gasteiger partial charge >= 0.3 is 0 Å². The zero-order valence-electron chi connectivity index (χ0n) is 17.8. The fourth-order valence-electron chi connectivity index (χ4n) is 3.92. The molecule has 0 radical (unpaired) electrons. The standard InChI is InChI=1S/C22H25N7O2.ClH/c1-31-20-10-16(15-4-6-29(7-5-15)8-9-30)2-3-18(20)19-11-21(28-27-19)26-22-14-24-17(12-23)13-25-22;/h2-3,10-11,13-15,30H,4-9H2,1H3,(H2,25,26,27,28);1H. The molecule has 1 aromatic carbocycles. The summed E-state index contributed by atoms with van der Waals surface area (Å²) in [4.78, 5) is 10.4. The van der Waals surface area contributed by atoms with E-state index in [1.54, 1.807) is 7.11 Å². The molecule has 0 unspecified atom stereocenters. The number of ether oxygens (including phenoxy) is 1. The van der Waals surface area contributed by atoms with E-state index in [2.05, 4.69) is 48.6 Å². The number of nitrogens with one attached hydrogen (secondary N) is 2. The van der Waals surface area contributed by atoms with Crippen molar-refractivity contribution in [2.45, 2.75) is 18.8 Å². The smallest absolute Gasteiger partial charge is 0.158 e. The van der Waals surface area contributed by atoms with Gasteiger partial charge in [-0.25, -0.2) is 9.97 Å². The van der Waals surface area contributed by atoms with E-state index in [0.717, 1.165) is 49.5 Å². The molecule has 2 aromatic heterocycles. The molecule has 1 aliphatic heterocycles. The SMILES string of the molecule is COc1cc(C2CCN(CCO)CC2)ccc1-c1cc(Nc2cnc(C#N)cn2)n[nH]1.Cl. The highest BCUT2D eigenvalue weighted by molar-refractivity contribution is 5.85. The van der Waals surface area contributed by atoms with Gasteiger partial charge in [0.15, 0.2) is 11.5 Å². The largest absolute Gasteiger partial charge is 0.496 e. The van der Waals surface area contributed by atoms with Crippen LogP contribution in [0.2, 0.25) is 0 Å². The molecule has 0 atom stereocenters. The molecule has 10 heteroatoms. The Morgan fingerprint density at radius 2 is 2.03 bits per heavy atom. The van der Waals surface area contributed by atoms with Gasteiger partial charge in [-0.15, -0.1) is 12.4 Å². The first kappa shape index (κ1) is 23.5. The lowest BCUT2D eigenvalue weighted by Crippen LogP contribution is -2.34. The second-order valence-corrected chi connectivity index (χ2v) is 7.49. The molecular weight excluding hydrogens is 430 g/mol. The average molecular weight is 456 g/mol. The first-order valence-corrected chi connectivity index (χ1v) is 10.3. The lowest BCUT2D eigenvalue weighted by Gasteiger charge is -2.31. The number of nitrogens with zero attached hydrogens (tertiary/aromatic N) is 5. The van der Waals surface area contributed by atoms with Gasteiger partial charge in [0, 0.05) is 18.2 Å². The van der Waals surface area contributed by atoms with Crippen molar-refractivity contribution in [1.29, 1.82) is 5.26 Å². The van der Waals surface area contributed by atoms with Crippen LogP contribution in [-0.4, -0.2) is 63.5 Å². The molecule has 32 heavy (non-hydrogen) atoms. The van der Waals surface area contributed by atoms with E-state index in [0.29, 0.717) is 17.6 Å². The second kappa shape index (κ2) is 10.9. The molecule has 1 fully saturated rings. The Balaban J connectivity index is 0.00000289. The molecule has 1 aliphatic rings. The highest BCUT2D eigenvalue weighted by Gasteiger charge is 2.21. The number of H-pyrrole nitrogens is 1. The number of aliphatic hydroxyl groups excluding tert-OH is 1. The number of aromatic nitrogens is 4. The van der Waals surface area contributed by atoms with Gasteiger partial charge in [0.1, 0.15) is 17.6 Å². The van der Waals surface area contributed by atoms with E-state index in [4.69, 9.17) is 15.1 Å². The Kier molecular flexibility index (Phi) is 8.00. The van der Waals surface area contributed by atoms with Crippen molar-refractivity contribution in [3.8, 4) is 23.1 Å². The third kappa shape index (κ3) is 5.34. The maximum Gasteiger partial charge on any atom is 0.158 e. The number of anilines is 2. The summed E-state index contributed by atoms with van der Waals surface area (Å²) in [5.41, 5.74) is 3.29. The lowest BCUT2D eigenvalue weighted by molar-refractivity contribution is 0.164. The lowest BCUT2D eigenvalue weighted by atomic mass is 9.88. The summed E-state index contributed by atoms with van der Waals surface area (Å²) in [6, 6.07) is 10.2.